The summed E-state index contributed by atoms with van der Waals surface area (Å²) in [4.78, 5) is 0. The topological polar surface area (TPSA) is 41.5 Å². The lowest BCUT2D eigenvalue weighted by Gasteiger charge is -2.26. The van der Waals surface area contributed by atoms with Crippen LogP contribution in [0.25, 0.3) is 0 Å². The Labute approximate surface area is 67.2 Å². The van der Waals surface area contributed by atoms with E-state index < -0.39 is 0 Å². The average molecular weight is 168 g/mol. The van der Waals surface area contributed by atoms with Gasteiger partial charge in [-0.15, -0.1) is 12.4 Å². The van der Waals surface area contributed by atoms with Gasteiger partial charge in [-0.2, -0.15) is 0 Å². The molecule has 1 aliphatic heterocycles. The SMILES string of the molecule is CO[C@H]1CNCC[C@@H]1O.Cl. The van der Waals surface area contributed by atoms with Crippen LogP contribution in [0.4, 0.5) is 0 Å². The van der Waals surface area contributed by atoms with Crippen LogP contribution in [0.15, 0.2) is 0 Å². The fraction of sp³-hybridized carbons (Fsp3) is 1.00. The lowest BCUT2D eigenvalue weighted by atomic mass is 10.1. The molecule has 1 heterocycles. The van der Waals surface area contributed by atoms with Gasteiger partial charge >= 0.3 is 0 Å². The average Bonchev–Trinajstić information content (AvgIpc) is 1.89. The molecule has 0 aromatic rings. The second kappa shape index (κ2) is 4.91. The van der Waals surface area contributed by atoms with Gasteiger partial charge in [0.25, 0.3) is 0 Å². The van der Waals surface area contributed by atoms with Crippen molar-refractivity contribution in [3.05, 3.63) is 0 Å². The Balaban J connectivity index is 0.000000810. The zero-order chi connectivity index (χ0) is 6.69. The van der Waals surface area contributed by atoms with Crippen LogP contribution in [0.5, 0.6) is 0 Å². The molecule has 0 amide bonds. The predicted molar refractivity (Wildman–Crippen MR) is 41.5 cm³/mol. The second-order valence-corrected chi connectivity index (χ2v) is 2.33. The summed E-state index contributed by atoms with van der Waals surface area (Å²) in [6.45, 7) is 1.68. The van der Waals surface area contributed by atoms with E-state index in [0.29, 0.717) is 0 Å². The van der Waals surface area contributed by atoms with Gasteiger partial charge in [-0.1, -0.05) is 0 Å². The number of nitrogens with one attached hydrogen (secondary N) is 1. The normalized spacial score (nSPS) is 33.0. The van der Waals surface area contributed by atoms with Crippen molar-refractivity contribution in [2.75, 3.05) is 20.2 Å². The van der Waals surface area contributed by atoms with E-state index in [-0.39, 0.29) is 24.6 Å². The van der Waals surface area contributed by atoms with E-state index in [1.54, 1.807) is 7.11 Å². The third kappa shape index (κ3) is 2.42. The molecule has 2 N–H and O–H groups in total. The summed E-state index contributed by atoms with van der Waals surface area (Å²) >= 11 is 0. The van der Waals surface area contributed by atoms with Crippen molar-refractivity contribution in [2.24, 2.45) is 0 Å². The summed E-state index contributed by atoms with van der Waals surface area (Å²) < 4.78 is 4.99. The van der Waals surface area contributed by atoms with E-state index in [2.05, 4.69) is 5.32 Å². The Morgan fingerprint density at radius 2 is 2.30 bits per heavy atom. The largest absolute Gasteiger partial charge is 0.390 e. The molecule has 4 heteroatoms. The molecule has 0 spiro atoms. The zero-order valence-electron chi connectivity index (χ0n) is 6.04. The number of rotatable bonds is 1. The van der Waals surface area contributed by atoms with E-state index in [1.807, 2.05) is 0 Å². The maximum atomic E-state index is 9.20. The van der Waals surface area contributed by atoms with Crippen molar-refractivity contribution in [3.8, 4) is 0 Å². The van der Waals surface area contributed by atoms with Crippen LogP contribution in [0.3, 0.4) is 0 Å². The number of methoxy groups -OCH3 is 1. The summed E-state index contributed by atoms with van der Waals surface area (Å²) in [5, 5.41) is 12.3. The van der Waals surface area contributed by atoms with Gasteiger partial charge in [0, 0.05) is 13.7 Å². The van der Waals surface area contributed by atoms with E-state index in [9.17, 15) is 5.11 Å². The fourth-order valence-corrected chi connectivity index (χ4v) is 1.06. The molecule has 0 unspecified atom stereocenters. The predicted octanol–water partition coefficient (Wildman–Crippen LogP) is -0.223. The molecule has 1 aliphatic rings. The minimum Gasteiger partial charge on any atom is -0.390 e. The van der Waals surface area contributed by atoms with Crippen LogP contribution in [-0.2, 0) is 4.74 Å². The highest BCUT2D eigenvalue weighted by Gasteiger charge is 2.21. The summed E-state index contributed by atoms with van der Waals surface area (Å²) in [5.74, 6) is 0. The number of hydrogen-bond donors (Lipinski definition) is 2. The third-order valence-corrected chi connectivity index (χ3v) is 1.69. The molecule has 2 atom stereocenters. The quantitative estimate of drug-likeness (QED) is 0.568. The van der Waals surface area contributed by atoms with E-state index in [0.717, 1.165) is 19.5 Å². The number of ether oxygens (including phenoxy) is 1. The van der Waals surface area contributed by atoms with Crippen LogP contribution in [0, 0.1) is 0 Å². The molecule has 0 bridgehead atoms. The van der Waals surface area contributed by atoms with Gasteiger partial charge in [0.2, 0.25) is 0 Å². The third-order valence-electron chi connectivity index (χ3n) is 1.69. The van der Waals surface area contributed by atoms with Gasteiger partial charge in [-0.05, 0) is 13.0 Å². The van der Waals surface area contributed by atoms with Crippen LogP contribution in [0.1, 0.15) is 6.42 Å². The molecule has 1 saturated heterocycles. The molecular formula is C6H14ClNO2. The van der Waals surface area contributed by atoms with Crippen LogP contribution in [0.2, 0.25) is 0 Å². The number of aliphatic hydroxyl groups is 1. The number of halogens is 1. The molecule has 1 fully saturated rings. The molecule has 0 aromatic carbocycles. The summed E-state index contributed by atoms with van der Waals surface area (Å²) in [6.07, 6.45) is 0.536. The Kier molecular flexibility index (Phi) is 4.99. The highest BCUT2D eigenvalue weighted by Crippen LogP contribution is 2.05. The smallest absolute Gasteiger partial charge is 0.0954 e. The van der Waals surface area contributed by atoms with Crippen LogP contribution >= 0.6 is 12.4 Å². The molecule has 0 saturated carbocycles. The molecule has 0 aliphatic carbocycles. The van der Waals surface area contributed by atoms with E-state index in [1.165, 1.54) is 0 Å². The number of aliphatic hydroxyl groups excluding tert-OH is 1. The highest BCUT2D eigenvalue weighted by molar-refractivity contribution is 5.85. The monoisotopic (exact) mass is 167 g/mol. The molecule has 0 aromatic heterocycles. The van der Waals surface area contributed by atoms with Gasteiger partial charge in [-0.3, -0.25) is 0 Å². The van der Waals surface area contributed by atoms with Crippen molar-refractivity contribution in [3.63, 3.8) is 0 Å². The molecule has 0 radical (unpaired) electrons. The van der Waals surface area contributed by atoms with Crippen molar-refractivity contribution >= 4 is 12.4 Å². The Morgan fingerprint density at radius 1 is 1.60 bits per heavy atom. The van der Waals surface area contributed by atoms with Crippen LogP contribution < -0.4 is 5.32 Å². The Bertz CT molecular complexity index is 91.8. The maximum Gasteiger partial charge on any atom is 0.0954 e. The van der Waals surface area contributed by atoms with Gasteiger partial charge < -0.3 is 15.2 Å². The minimum atomic E-state index is -0.267. The van der Waals surface area contributed by atoms with Gasteiger partial charge in [0.05, 0.1) is 12.2 Å². The molecule has 10 heavy (non-hydrogen) atoms. The van der Waals surface area contributed by atoms with Crippen molar-refractivity contribution in [1.82, 2.24) is 5.32 Å². The highest BCUT2D eigenvalue weighted by atomic mass is 35.5. The lowest BCUT2D eigenvalue weighted by molar-refractivity contribution is -0.0273. The van der Waals surface area contributed by atoms with Crippen molar-refractivity contribution < 1.29 is 9.84 Å². The van der Waals surface area contributed by atoms with E-state index in [4.69, 9.17) is 4.74 Å². The van der Waals surface area contributed by atoms with Crippen molar-refractivity contribution in [2.45, 2.75) is 18.6 Å². The first kappa shape index (κ1) is 10.2. The number of hydrogen-bond acceptors (Lipinski definition) is 3. The summed E-state index contributed by atoms with van der Waals surface area (Å²) in [6, 6.07) is 0. The standard InChI is InChI=1S/C6H13NO2.ClH/c1-9-6-4-7-3-2-5(6)8;/h5-8H,2-4H2,1H3;1H/t5-,6-;/m0./s1. The van der Waals surface area contributed by atoms with Gasteiger partial charge in [0.15, 0.2) is 0 Å². The zero-order valence-corrected chi connectivity index (χ0v) is 6.86. The minimum absolute atomic E-state index is 0. The Morgan fingerprint density at radius 3 is 2.70 bits per heavy atom. The maximum absolute atomic E-state index is 9.20. The first-order chi connectivity index (χ1) is 4.34. The Hall–Kier alpha value is 0.170. The molecule has 3 nitrogen and oxygen atoms in total. The summed E-state index contributed by atoms with van der Waals surface area (Å²) in [7, 11) is 1.63. The second-order valence-electron chi connectivity index (χ2n) is 2.33. The van der Waals surface area contributed by atoms with E-state index >= 15 is 0 Å². The van der Waals surface area contributed by atoms with Crippen molar-refractivity contribution in [1.29, 1.82) is 0 Å². The number of piperidine rings is 1. The van der Waals surface area contributed by atoms with Gasteiger partial charge in [0.1, 0.15) is 0 Å². The molecule has 62 valence electrons. The fourth-order valence-electron chi connectivity index (χ4n) is 1.06. The molecular weight excluding hydrogens is 154 g/mol. The first-order valence-electron chi connectivity index (χ1n) is 3.26. The first-order valence-corrected chi connectivity index (χ1v) is 3.26. The van der Waals surface area contributed by atoms with Gasteiger partial charge in [-0.25, -0.2) is 0 Å². The molecule has 1 rings (SSSR count). The summed E-state index contributed by atoms with van der Waals surface area (Å²) in [5.41, 5.74) is 0. The lowest BCUT2D eigenvalue weighted by Crippen LogP contribution is -2.44. The van der Waals surface area contributed by atoms with Crippen LogP contribution in [-0.4, -0.2) is 37.5 Å².